The first-order chi connectivity index (χ1) is 15.4. The maximum absolute atomic E-state index is 12.8. The van der Waals surface area contributed by atoms with Crippen molar-refractivity contribution in [2.75, 3.05) is 32.7 Å². The molecule has 170 valence electrons. The van der Waals surface area contributed by atoms with E-state index in [4.69, 9.17) is 9.47 Å². The van der Waals surface area contributed by atoms with Crippen molar-refractivity contribution < 1.29 is 17.9 Å². The summed E-state index contributed by atoms with van der Waals surface area (Å²) < 4.78 is 37.6. The first-order valence-electron chi connectivity index (χ1n) is 10.00. The number of anilines is 1. The molecule has 0 bridgehead atoms. The third-order valence-electron chi connectivity index (χ3n) is 4.78. The van der Waals surface area contributed by atoms with Crippen molar-refractivity contribution in [2.24, 2.45) is 5.10 Å². The smallest absolute Gasteiger partial charge is 0.243 e. The van der Waals surface area contributed by atoms with Crippen molar-refractivity contribution >= 4 is 32.7 Å². The number of sulfonamides is 1. The number of rotatable bonds is 10. The predicted molar refractivity (Wildman–Crippen MR) is 128 cm³/mol. The summed E-state index contributed by atoms with van der Waals surface area (Å²) in [6.45, 7) is 4.49. The summed E-state index contributed by atoms with van der Waals surface area (Å²) in [5.41, 5.74) is 5.09. The van der Waals surface area contributed by atoms with Crippen LogP contribution in [-0.2, 0) is 10.0 Å². The average Bonchev–Trinajstić information content (AvgIpc) is 3.29. The second-order valence-electron chi connectivity index (χ2n) is 6.63. The van der Waals surface area contributed by atoms with Crippen LogP contribution in [0.1, 0.15) is 19.4 Å². The number of methoxy groups -OCH3 is 2. The average molecular weight is 475 g/mol. The van der Waals surface area contributed by atoms with E-state index in [9.17, 15) is 8.42 Å². The molecule has 0 saturated carbocycles. The zero-order chi connectivity index (χ0) is 23.1. The molecule has 10 heteroatoms. The summed E-state index contributed by atoms with van der Waals surface area (Å²) in [6.07, 6.45) is 1.64. The van der Waals surface area contributed by atoms with Crippen molar-refractivity contribution in [3.63, 3.8) is 0 Å². The zero-order valence-corrected chi connectivity index (χ0v) is 20.0. The minimum Gasteiger partial charge on any atom is -0.497 e. The van der Waals surface area contributed by atoms with Gasteiger partial charge in [0, 0.05) is 35.7 Å². The molecule has 2 aromatic carbocycles. The van der Waals surface area contributed by atoms with Crippen molar-refractivity contribution in [3.8, 4) is 22.8 Å². The van der Waals surface area contributed by atoms with Gasteiger partial charge in [-0.05, 0) is 24.3 Å². The molecule has 0 aliphatic carbocycles. The summed E-state index contributed by atoms with van der Waals surface area (Å²) in [5.74, 6) is 1.34. The Morgan fingerprint density at radius 2 is 1.91 bits per heavy atom. The van der Waals surface area contributed by atoms with Gasteiger partial charge in [-0.15, -0.1) is 11.3 Å². The molecule has 1 N–H and O–H groups in total. The molecule has 0 saturated heterocycles. The highest BCUT2D eigenvalue weighted by Gasteiger charge is 2.22. The van der Waals surface area contributed by atoms with Crippen LogP contribution >= 0.6 is 11.3 Å². The number of hydrogen-bond donors (Lipinski definition) is 1. The van der Waals surface area contributed by atoms with E-state index >= 15 is 0 Å². The number of hydrogen-bond acceptors (Lipinski definition) is 8. The fourth-order valence-electron chi connectivity index (χ4n) is 3.07. The van der Waals surface area contributed by atoms with Gasteiger partial charge >= 0.3 is 0 Å². The van der Waals surface area contributed by atoms with Gasteiger partial charge in [-0.25, -0.2) is 13.4 Å². The molecule has 1 aromatic heterocycles. The molecule has 0 fully saturated rings. The lowest BCUT2D eigenvalue weighted by Gasteiger charge is -2.18. The third kappa shape index (κ3) is 5.26. The van der Waals surface area contributed by atoms with E-state index in [0.29, 0.717) is 35.4 Å². The highest BCUT2D eigenvalue weighted by molar-refractivity contribution is 7.89. The fraction of sp³-hybridized carbons (Fsp3) is 0.273. The standard InChI is InChI=1S/C22H26N4O4S2/c1-5-26(6-2)32(27,28)19-9-7-8-16(12-19)20-15-31-22(24-20)25-23-14-17-10-11-18(29-3)13-21(17)30-4/h7-15H,5-6H2,1-4H3,(H,24,25). The lowest BCUT2D eigenvalue weighted by Crippen LogP contribution is -2.30. The normalized spacial score (nSPS) is 11.8. The van der Waals surface area contributed by atoms with Gasteiger partial charge in [0.05, 0.1) is 31.0 Å². The Morgan fingerprint density at radius 3 is 2.59 bits per heavy atom. The van der Waals surface area contributed by atoms with E-state index in [1.54, 1.807) is 44.7 Å². The first kappa shape index (κ1) is 23.7. The van der Waals surface area contributed by atoms with E-state index in [1.807, 2.05) is 37.4 Å². The van der Waals surface area contributed by atoms with Gasteiger partial charge in [-0.3, -0.25) is 5.43 Å². The molecule has 0 aliphatic rings. The van der Waals surface area contributed by atoms with Crippen molar-refractivity contribution in [3.05, 3.63) is 53.4 Å². The molecule has 0 atom stereocenters. The summed E-state index contributed by atoms with van der Waals surface area (Å²) in [4.78, 5) is 4.78. The number of nitrogens with one attached hydrogen (secondary N) is 1. The molecule has 0 amide bonds. The maximum atomic E-state index is 12.8. The zero-order valence-electron chi connectivity index (χ0n) is 18.4. The van der Waals surface area contributed by atoms with Crippen LogP contribution in [-0.4, -0.2) is 51.2 Å². The topological polar surface area (TPSA) is 93.1 Å². The van der Waals surface area contributed by atoms with E-state index in [1.165, 1.54) is 15.6 Å². The number of thiazole rings is 1. The number of benzene rings is 2. The van der Waals surface area contributed by atoms with Crippen molar-refractivity contribution in [1.29, 1.82) is 0 Å². The minimum absolute atomic E-state index is 0.255. The number of aromatic nitrogens is 1. The van der Waals surface area contributed by atoms with Crippen LogP contribution in [0, 0.1) is 0 Å². The number of ether oxygens (including phenoxy) is 2. The van der Waals surface area contributed by atoms with Crippen LogP contribution in [0.5, 0.6) is 11.5 Å². The minimum atomic E-state index is -3.53. The van der Waals surface area contributed by atoms with Crippen LogP contribution in [0.15, 0.2) is 57.8 Å². The second-order valence-corrected chi connectivity index (χ2v) is 9.43. The summed E-state index contributed by atoms with van der Waals surface area (Å²) in [6, 6.07) is 12.3. The Kier molecular flexibility index (Phi) is 7.84. The van der Waals surface area contributed by atoms with Crippen molar-refractivity contribution in [2.45, 2.75) is 18.7 Å². The number of hydrazone groups is 1. The van der Waals surface area contributed by atoms with E-state index in [-0.39, 0.29) is 4.90 Å². The van der Waals surface area contributed by atoms with Gasteiger partial charge in [0.2, 0.25) is 15.2 Å². The summed E-state index contributed by atoms with van der Waals surface area (Å²) >= 11 is 1.38. The van der Waals surface area contributed by atoms with Gasteiger partial charge in [0.1, 0.15) is 11.5 Å². The molecule has 32 heavy (non-hydrogen) atoms. The SMILES string of the molecule is CCN(CC)S(=O)(=O)c1cccc(-c2csc(NN=Cc3ccc(OC)cc3OC)n2)c1. The molecule has 1 heterocycles. The third-order valence-corrected chi connectivity index (χ3v) is 7.57. The lowest BCUT2D eigenvalue weighted by molar-refractivity contribution is 0.394. The highest BCUT2D eigenvalue weighted by atomic mass is 32.2. The van der Waals surface area contributed by atoms with Crippen LogP contribution in [0.25, 0.3) is 11.3 Å². The molecular formula is C22H26N4O4S2. The van der Waals surface area contributed by atoms with E-state index in [2.05, 4.69) is 15.5 Å². The van der Waals surface area contributed by atoms with Crippen molar-refractivity contribution in [1.82, 2.24) is 9.29 Å². The second kappa shape index (κ2) is 10.6. The summed E-state index contributed by atoms with van der Waals surface area (Å²) in [5, 5.41) is 6.67. The van der Waals surface area contributed by atoms with Crippen LogP contribution in [0.2, 0.25) is 0 Å². The van der Waals surface area contributed by atoms with E-state index in [0.717, 1.165) is 11.1 Å². The monoisotopic (exact) mass is 474 g/mol. The Morgan fingerprint density at radius 1 is 1.12 bits per heavy atom. The molecule has 3 aromatic rings. The molecule has 0 unspecified atom stereocenters. The highest BCUT2D eigenvalue weighted by Crippen LogP contribution is 2.28. The first-order valence-corrected chi connectivity index (χ1v) is 12.3. The number of nitrogens with zero attached hydrogens (tertiary/aromatic N) is 3. The molecule has 0 spiro atoms. The molecule has 0 aliphatic heterocycles. The Balaban J connectivity index is 1.76. The Labute approximate surface area is 192 Å². The molecular weight excluding hydrogens is 448 g/mol. The summed E-state index contributed by atoms with van der Waals surface area (Å²) in [7, 11) is -0.352. The Bertz CT molecular complexity index is 1190. The lowest BCUT2D eigenvalue weighted by atomic mass is 10.2. The molecule has 0 radical (unpaired) electrons. The van der Waals surface area contributed by atoms with Gasteiger partial charge < -0.3 is 9.47 Å². The van der Waals surface area contributed by atoms with E-state index < -0.39 is 10.0 Å². The molecule has 8 nitrogen and oxygen atoms in total. The largest absolute Gasteiger partial charge is 0.497 e. The molecule has 3 rings (SSSR count). The van der Waals surface area contributed by atoms with Gasteiger partial charge in [-0.1, -0.05) is 26.0 Å². The fourth-order valence-corrected chi connectivity index (χ4v) is 5.24. The van der Waals surface area contributed by atoms with Crippen LogP contribution in [0.3, 0.4) is 0 Å². The van der Waals surface area contributed by atoms with Gasteiger partial charge in [0.15, 0.2) is 0 Å². The van der Waals surface area contributed by atoms with Gasteiger partial charge in [-0.2, -0.15) is 9.41 Å². The van der Waals surface area contributed by atoms with Crippen LogP contribution in [0.4, 0.5) is 5.13 Å². The quantitative estimate of drug-likeness (QED) is 0.348. The van der Waals surface area contributed by atoms with Gasteiger partial charge in [0.25, 0.3) is 0 Å². The Hall–Kier alpha value is -2.95. The predicted octanol–water partition coefficient (Wildman–Crippen LogP) is 4.30. The van der Waals surface area contributed by atoms with Crippen LogP contribution < -0.4 is 14.9 Å². The maximum Gasteiger partial charge on any atom is 0.243 e.